The van der Waals surface area contributed by atoms with Gasteiger partial charge in [0.15, 0.2) is 23.3 Å². The van der Waals surface area contributed by atoms with Gasteiger partial charge in [-0.2, -0.15) is 0 Å². The van der Waals surface area contributed by atoms with Crippen LogP contribution in [0.5, 0.6) is 0 Å². The maximum absolute atomic E-state index is 5.60. The fourth-order valence-corrected chi connectivity index (χ4v) is 13.3. The van der Waals surface area contributed by atoms with Crippen molar-refractivity contribution in [3.8, 4) is 0 Å². The second-order valence-corrected chi connectivity index (χ2v) is 16.9. The van der Waals surface area contributed by atoms with E-state index in [4.69, 9.17) is 30.0 Å². The van der Waals surface area contributed by atoms with Crippen molar-refractivity contribution in [2.45, 2.75) is 0 Å². The summed E-state index contributed by atoms with van der Waals surface area (Å²) in [5.41, 5.74) is 5.34. The van der Waals surface area contributed by atoms with Crippen molar-refractivity contribution >= 4 is 75.3 Å². The van der Waals surface area contributed by atoms with E-state index in [1.807, 2.05) is 24.3 Å². The highest BCUT2D eigenvalue weighted by Gasteiger charge is 2.50. The van der Waals surface area contributed by atoms with Crippen LogP contribution in [0.4, 0.5) is 11.6 Å². The number of aromatic nitrogens is 2. The quantitative estimate of drug-likeness (QED) is 0.194. The molecule has 0 atom stereocenters. The van der Waals surface area contributed by atoms with E-state index >= 15 is 0 Å². The lowest BCUT2D eigenvalue weighted by Gasteiger charge is -2.37. The molecular formula is C44H26N8Si. The molecule has 8 nitrogen and oxygen atoms in total. The number of aliphatic imine (C=N–C) groups is 4. The first kappa shape index (κ1) is 28.6. The third-order valence-corrected chi connectivity index (χ3v) is 15.2. The van der Waals surface area contributed by atoms with Crippen LogP contribution in [0.15, 0.2) is 188 Å². The van der Waals surface area contributed by atoms with Crippen LogP contribution in [0.3, 0.4) is 0 Å². The summed E-state index contributed by atoms with van der Waals surface area (Å²) in [7, 11) is -3.64. The molecule has 0 radical (unpaired) electrons. The van der Waals surface area contributed by atoms with Crippen molar-refractivity contribution in [2.75, 3.05) is 0 Å². The van der Waals surface area contributed by atoms with Gasteiger partial charge in [0.05, 0.1) is 0 Å². The summed E-state index contributed by atoms with van der Waals surface area (Å²) in [5.74, 6) is 4.06. The Balaban J connectivity index is 1.46. The van der Waals surface area contributed by atoms with E-state index < -0.39 is 8.40 Å². The van der Waals surface area contributed by atoms with Crippen LogP contribution in [-0.4, -0.2) is 40.2 Å². The van der Waals surface area contributed by atoms with Gasteiger partial charge >= 0.3 is 8.40 Å². The minimum atomic E-state index is -3.64. The van der Waals surface area contributed by atoms with Crippen molar-refractivity contribution in [3.05, 3.63) is 191 Å². The Morgan fingerprint density at radius 3 is 1.06 bits per heavy atom. The van der Waals surface area contributed by atoms with Crippen molar-refractivity contribution in [1.29, 1.82) is 0 Å². The first-order valence-corrected chi connectivity index (χ1v) is 19.6. The number of rotatable bonds is 2. The normalized spacial score (nSPS) is 18.9. The Hall–Kier alpha value is -7.10. The van der Waals surface area contributed by atoms with E-state index in [0.717, 1.165) is 76.8 Å². The fourth-order valence-electron chi connectivity index (χ4n) is 8.54. The number of fused-ring (bicyclic) bond motifs is 14. The molecule has 4 aliphatic rings. The van der Waals surface area contributed by atoms with Gasteiger partial charge in [-0.15, -0.1) is 0 Å². The smallest absolute Gasteiger partial charge is 0.311 e. The van der Waals surface area contributed by atoms with Gasteiger partial charge in [-0.1, -0.05) is 158 Å². The van der Waals surface area contributed by atoms with Crippen molar-refractivity contribution in [2.24, 2.45) is 30.0 Å². The van der Waals surface area contributed by atoms with Gasteiger partial charge in [0, 0.05) is 43.8 Å². The molecule has 2 aromatic heterocycles. The molecule has 6 aromatic carbocycles. The van der Waals surface area contributed by atoms with Crippen LogP contribution in [0.2, 0.25) is 0 Å². The Labute approximate surface area is 303 Å². The molecule has 246 valence electrons. The lowest BCUT2D eigenvalue weighted by atomic mass is 10.1. The zero-order valence-corrected chi connectivity index (χ0v) is 29.1. The highest BCUT2D eigenvalue weighted by atomic mass is 28.3. The summed E-state index contributed by atoms with van der Waals surface area (Å²) in [5, 5.41) is 6.17. The predicted octanol–water partition coefficient (Wildman–Crippen LogP) is 6.19. The van der Waals surface area contributed by atoms with E-state index in [2.05, 4.69) is 142 Å². The van der Waals surface area contributed by atoms with Crippen LogP contribution in [0, 0.1) is 0 Å². The third-order valence-electron chi connectivity index (χ3n) is 10.8. The second-order valence-electron chi connectivity index (χ2n) is 13.5. The average Bonchev–Trinajstić information content (AvgIpc) is 3.93. The Morgan fingerprint density at radius 2 is 0.642 bits per heavy atom. The SMILES string of the molecule is c1ccc([Si]2(c3ccccc3)n3c4c5ccccc5c3/N=C3N=C(/N=c5/c6ccccc6/c(n52)=N/C2=NC(=N\4)/c4ccccc42)c2ccccc2\3)cc1. The van der Waals surface area contributed by atoms with E-state index in [-0.39, 0.29) is 0 Å². The maximum Gasteiger partial charge on any atom is 0.345 e. The zero-order chi connectivity index (χ0) is 34.7. The lowest BCUT2D eigenvalue weighted by molar-refractivity contribution is 0.949. The monoisotopic (exact) mass is 694 g/mol. The standard InChI is InChI=1S/C44H26N8Si/c1-3-15-27(16-4-1)53(28-17-5-2-6-18-28)51-41-33-23-11-12-24-34(33)43(51)49-39-31-21-9-10-22-32(31)40(46-39)50-44-36-26-14-13-25-35(36)42(52(44)53)48-38-30-20-8-7-19-29(30)37(45-38)47-41/h1-26H/b47-37-,47-41?,48-38?,48-42-,49-39-,49-43?,50-40?,50-44-. The maximum atomic E-state index is 5.60. The summed E-state index contributed by atoms with van der Waals surface area (Å²) in [4.78, 5) is 32.8. The summed E-state index contributed by atoms with van der Waals surface area (Å²) < 4.78 is 4.87. The Bertz CT molecular complexity index is 2960. The molecule has 0 fully saturated rings. The molecule has 0 N–H and O–H groups in total. The molecule has 6 heterocycles. The van der Waals surface area contributed by atoms with Crippen molar-refractivity contribution in [3.63, 3.8) is 0 Å². The van der Waals surface area contributed by atoms with E-state index in [1.54, 1.807) is 0 Å². The first-order chi connectivity index (χ1) is 26.3. The first-order valence-electron chi connectivity index (χ1n) is 17.7. The van der Waals surface area contributed by atoms with Gasteiger partial charge in [-0.3, -0.25) is 0 Å². The zero-order valence-electron chi connectivity index (χ0n) is 28.1. The van der Waals surface area contributed by atoms with E-state index in [9.17, 15) is 0 Å². The van der Waals surface area contributed by atoms with Crippen LogP contribution in [-0.2, 0) is 0 Å². The van der Waals surface area contributed by atoms with Crippen LogP contribution in [0.1, 0.15) is 22.3 Å². The summed E-state index contributed by atoms with van der Waals surface area (Å²) in [6.45, 7) is 0. The minimum Gasteiger partial charge on any atom is -0.311 e. The summed E-state index contributed by atoms with van der Waals surface area (Å²) in [6.07, 6.45) is 0. The Kier molecular flexibility index (Phi) is 5.65. The largest absolute Gasteiger partial charge is 0.345 e. The highest BCUT2D eigenvalue weighted by Crippen LogP contribution is 2.43. The van der Waals surface area contributed by atoms with E-state index in [0.29, 0.717) is 23.3 Å². The van der Waals surface area contributed by atoms with Crippen molar-refractivity contribution in [1.82, 2.24) is 8.47 Å². The molecule has 0 spiro atoms. The molecule has 0 saturated carbocycles. The minimum absolute atomic E-state index is 0.625. The average molecular weight is 695 g/mol. The van der Waals surface area contributed by atoms with Crippen LogP contribution in [0.25, 0.3) is 21.5 Å². The van der Waals surface area contributed by atoms with E-state index in [1.165, 1.54) is 0 Å². The summed E-state index contributed by atoms with van der Waals surface area (Å²) in [6, 6.07) is 55.1. The van der Waals surface area contributed by atoms with Crippen LogP contribution >= 0.6 is 0 Å². The molecule has 0 saturated heterocycles. The molecule has 8 aromatic rings. The molecule has 6 bridgehead atoms. The Morgan fingerprint density at radius 1 is 0.302 bits per heavy atom. The molecule has 0 unspecified atom stereocenters. The van der Waals surface area contributed by atoms with Gasteiger partial charge < -0.3 is 8.47 Å². The summed E-state index contributed by atoms with van der Waals surface area (Å²) >= 11 is 0. The topological polar surface area (TPSA) is 84.0 Å². The van der Waals surface area contributed by atoms with Gasteiger partial charge in [-0.05, 0) is 10.4 Å². The number of hydrogen-bond acceptors (Lipinski definition) is 6. The number of benzene rings is 6. The predicted molar refractivity (Wildman–Crippen MR) is 213 cm³/mol. The molecule has 4 aliphatic heterocycles. The molecule has 9 heteroatoms. The van der Waals surface area contributed by atoms with Gasteiger partial charge in [-0.25, -0.2) is 30.0 Å². The number of hydrogen-bond donors (Lipinski definition) is 0. The third kappa shape index (κ3) is 3.73. The molecule has 0 amide bonds. The van der Waals surface area contributed by atoms with Gasteiger partial charge in [0.25, 0.3) is 0 Å². The fraction of sp³-hybridized carbons (Fsp3) is 0. The molecule has 53 heavy (non-hydrogen) atoms. The van der Waals surface area contributed by atoms with Crippen molar-refractivity contribution < 1.29 is 0 Å². The lowest BCUT2D eigenvalue weighted by Crippen LogP contribution is -2.74. The van der Waals surface area contributed by atoms with Gasteiger partial charge in [0.2, 0.25) is 0 Å². The molecule has 12 rings (SSSR count). The van der Waals surface area contributed by atoms with Gasteiger partial charge in [0.1, 0.15) is 22.6 Å². The van der Waals surface area contributed by atoms with Crippen LogP contribution < -0.4 is 21.3 Å². The molecule has 0 aliphatic carbocycles. The highest BCUT2D eigenvalue weighted by molar-refractivity contribution is 7.00. The molecular weight excluding hydrogens is 669 g/mol. The second kappa shape index (κ2) is 10.5. The number of nitrogens with zero attached hydrogens (tertiary/aromatic N) is 8. The number of amidine groups is 4.